The molecule has 6 heteroatoms. The third kappa shape index (κ3) is 2.69. The fraction of sp³-hybridized carbons (Fsp3) is 0.750. The van der Waals surface area contributed by atoms with E-state index in [1.807, 2.05) is 6.92 Å². The first kappa shape index (κ1) is 13.0. The molecule has 2 rings (SSSR count). The molecule has 0 aromatic carbocycles. The number of ketones is 1. The maximum absolute atomic E-state index is 11.9. The van der Waals surface area contributed by atoms with Crippen LogP contribution < -0.4 is 0 Å². The molecular formula is C12H18N2O4. The zero-order chi connectivity index (χ0) is 13.1. The summed E-state index contributed by atoms with van der Waals surface area (Å²) in [5.41, 5.74) is 0. The Kier molecular flexibility index (Phi) is 3.96. The van der Waals surface area contributed by atoms with Gasteiger partial charge in [-0.15, -0.1) is 0 Å². The number of hydrogen-bond acceptors (Lipinski definition) is 4. The Bertz CT molecular complexity index is 363. The van der Waals surface area contributed by atoms with Gasteiger partial charge in [0.05, 0.1) is 19.7 Å². The molecule has 2 fully saturated rings. The van der Waals surface area contributed by atoms with Gasteiger partial charge in [0.25, 0.3) is 0 Å². The quantitative estimate of drug-likeness (QED) is 0.664. The van der Waals surface area contributed by atoms with Crippen molar-refractivity contribution in [2.75, 3.05) is 39.4 Å². The summed E-state index contributed by atoms with van der Waals surface area (Å²) in [4.78, 5) is 38.3. The number of rotatable bonds is 4. The summed E-state index contributed by atoms with van der Waals surface area (Å²) in [5, 5.41) is 0. The van der Waals surface area contributed by atoms with Gasteiger partial charge in [-0.2, -0.15) is 0 Å². The zero-order valence-electron chi connectivity index (χ0n) is 10.6. The maximum atomic E-state index is 11.9. The molecule has 0 spiro atoms. The van der Waals surface area contributed by atoms with Gasteiger partial charge in [0, 0.05) is 19.1 Å². The van der Waals surface area contributed by atoms with Gasteiger partial charge in [-0.05, 0) is 13.3 Å². The molecule has 0 N–H and O–H groups in total. The third-order valence-electron chi connectivity index (χ3n) is 3.47. The highest BCUT2D eigenvalue weighted by Crippen LogP contribution is 2.15. The van der Waals surface area contributed by atoms with Crippen LogP contribution in [0.25, 0.3) is 0 Å². The molecule has 18 heavy (non-hydrogen) atoms. The smallest absolute Gasteiger partial charge is 0.243 e. The predicted molar refractivity (Wildman–Crippen MR) is 62.8 cm³/mol. The van der Waals surface area contributed by atoms with Crippen LogP contribution in [-0.4, -0.2) is 66.8 Å². The monoisotopic (exact) mass is 254 g/mol. The highest BCUT2D eigenvalue weighted by molar-refractivity contribution is 5.95. The molecule has 0 aromatic heterocycles. The van der Waals surface area contributed by atoms with Crippen LogP contribution >= 0.6 is 0 Å². The van der Waals surface area contributed by atoms with Crippen molar-refractivity contribution in [3.8, 4) is 0 Å². The van der Waals surface area contributed by atoms with E-state index in [-0.39, 0.29) is 43.1 Å². The third-order valence-corrected chi connectivity index (χ3v) is 3.47. The molecule has 0 aliphatic carbocycles. The van der Waals surface area contributed by atoms with Gasteiger partial charge in [-0.1, -0.05) is 0 Å². The minimum atomic E-state index is -0.149. The number of amides is 2. The van der Waals surface area contributed by atoms with Crippen molar-refractivity contribution < 1.29 is 19.1 Å². The second-order valence-electron chi connectivity index (χ2n) is 4.68. The Balaban J connectivity index is 1.91. The molecule has 0 radical (unpaired) electrons. The number of carbonyl (C=O) groups excluding carboxylic acids is 3. The summed E-state index contributed by atoms with van der Waals surface area (Å²) >= 11 is 0. The van der Waals surface area contributed by atoms with Crippen LogP contribution in [0, 0.1) is 5.92 Å². The number of nitrogens with zero attached hydrogens (tertiary/aromatic N) is 2. The molecule has 1 atom stereocenters. The van der Waals surface area contributed by atoms with E-state index in [0.29, 0.717) is 19.8 Å². The average Bonchev–Trinajstić information content (AvgIpc) is 2.87. The van der Waals surface area contributed by atoms with Crippen LogP contribution in [0.3, 0.4) is 0 Å². The van der Waals surface area contributed by atoms with Gasteiger partial charge >= 0.3 is 0 Å². The van der Waals surface area contributed by atoms with Crippen LogP contribution in [0.1, 0.15) is 13.3 Å². The molecule has 0 aromatic rings. The van der Waals surface area contributed by atoms with Crippen molar-refractivity contribution in [2.24, 2.45) is 5.92 Å². The molecule has 2 saturated heterocycles. The molecule has 6 nitrogen and oxygen atoms in total. The Morgan fingerprint density at radius 2 is 1.94 bits per heavy atom. The van der Waals surface area contributed by atoms with Crippen molar-refractivity contribution in [2.45, 2.75) is 13.3 Å². The number of hydrogen-bond donors (Lipinski definition) is 0. The van der Waals surface area contributed by atoms with E-state index in [4.69, 9.17) is 4.74 Å². The lowest BCUT2D eigenvalue weighted by Gasteiger charge is -2.33. The summed E-state index contributed by atoms with van der Waals surface area (Å²) in [5.74, 6) is -0.355. The summed E-state index contributed by atoms with van der Waals surface area (Å²) in [7, 11) is 0. The molecule has 0 bridgehead atoms. The first-order valence-corrected chi connectivity index (χ1v) is 6.27. The average molecular weight is 254 g/mol. The minimum absolute atomic E-state index is 0.00130. The number of Topliss-reactive ketones (excluding diaryl/α,β-unsaturated/α-hetero) is 1. The topological polar surface area (TPSA) is 66.9 Å². The van der Waals surface area contributed by atoms with Crippen LogP contribution in [0.4, 0.5) is 0 Å². The summed E-state index contributed by atoms with van der Waals surface area (Å²) < 4.78 is 5.15. The van der Waals surface area contributed by atoms with E-state index in [1.54, 1.807) is 0 Å². The van der Waals surface area contributed by atoms with E-state index in [1.165, 1.54) is 9.80 Å². The molecule has 2 amide bonds. The van der Waals surface area contributed by atoms with Crippen molar-refractivity contribution >= 4 is 17.6 Å². The lowest BCUT2D eigenvalue weighted by atomic mass is 10.0. The van der Waals surface area contributed by atoms with Crippen LogP contribution in [-0.2, 0) is 19.1 Å². The largest absolute Gasteiger partial charge is 0.381 e. The standard InChI is InChI=1S/C12H18N2O4/c1-2-13-6-12(17)14(7-11(13)16)5-10(15)9-3-4-18-8-9/h9H,2-8H2,1H3. The molecule has 1 unspecified atom stereocenters. The van der Waals surface area contributed by atoms with Crippen molar-refractivity contribution in [1.29, 1.82) is 0 Å². The van der Waals surface area contributed by atoms with Gasteiger partial charge in [0.2, 0.25) is 11.8 Å². The SMILES string of the molecule is CCN1CC(=O)N(CC(=O)C2CCOC2)CC1=O. The van der Waals surface area contributed by atoms with E-state index in [9.17, 15) is 14.4 Å². The van der Waals surface area contributed by atoms with E-state index < -0.39 is 0 Å². The number of piperazine rings is 1. The summed E-state index contributed by atoms with van der Waals surface area (Å²) in [6.07, 6.45) is 0.718. The fourth-order valence-electron chi connectivity index (χ4n) is 2.24. The number of carbonyl (C=O) groups is 3. The lowest BCUT2D eigenvalue weighted by Crippen LogP contribution is -2.55. The summed E-state index contributed by atoms with van der Waals surface area (Å²) in [6.45, 7) is 3.55. The maximum Gasteiger partial charge on any atom is 0.243 e. The Labute approximate surface area is 106 Å². The zero-order valence-corrected chi connectivity index (χ0v) is 10.6. The molecule has 2 aliphatic heterocycles. The molecular weight excluding hydrogens is 236 g/mol. The molecule has 100 valence electrons. The van der Waals surface area contributed by atoms with Gasteiger partial charge < -0.3 is 14.5 Å². The van der Waals surface area contributed by atoms with E-state index in [2.05, 4.69) is 0 Å². The van der Waals surface area contributed by atoms with E-state index >= 15 is 0 Å². The Morgan fingerprint density at radius 1 is 1.28 bits per heavy atom. The fourth-order valence-corrected chi connectivity index (χ4v) is 2.24. The Hall–Kier alpha value is -1.43. The highest BCUT2D eigenvalue weighted by Gasteiger charge is 2.32. The van der Waals surface area contributed by atoms with Gasteiger partial charge in [0.1, 0.15) is 6.54 Å². The first-order valence-electron chi connectivity index (χ1n) is 6.27. The summed E-state index contributed by atoms with van der Waals surface area (Å²) in [6, 6.07) is 0. The number of likely N-dealkylation sites (N-methyl/N-ethyl adjacent to an activating group) is 1. The Morgan fingerprint density at radius 3 is 2.56 bits per heavy atom. The van der Waals surface area contributed by atoms with Gasteiger partial charge in [0.15, 0.2) is 5.78 Å². The van der Waals surface area contributed by atoms with Crippen molar-refractivity contribution in [3.05, 3.63) is 0 Å². The number of ether oxygens (including phenoxy) is 1. The van der Waals surface area contributed by atoms with Crippen LogP contribution in [0.2, 0.25) is 0 Å². The van der Waals surface area contributed by atoms with Gasteiger partial charge in [-0.25, -0.2) is 0 Å². The molecule has 0 saturated carbocycles. The van der Waals surface area contributed by atoms with Crippen molar-refractivity contribution in [1.82, 2.24) is 9.80 Å². The second kappa shape index (κ2) is 5.48. The predicted octanol–water partition coefficient (Wildman–Crippen LogP) is -0.717. The minimum Gasteiger partial charge on any atom is -0.381 e. The van der Waals surface area contributed by atoms with Gasteiger partial charge in [-0.3, -0.25) is 14.4 Å². The first-order chi connectivity index (χ1) is 8.61. The second-order valence-corrected chi connectivity index (χ2v) is 4.68. The van der Waals surface area contributed by atoms with Crippen LogP contribution in [0.5, 0.6) is 0 Å². The normalized spacial score (nSPS) is 24.8. The van der Waals surface area contributed by atoms with Crippen molar-refractivity contribution in [3.63, 3.8) is 0 Å². The highest BCUT2D eigenvalue weighted by atomic mass is 16.5. The van der Waals surface area contributed by atoms with Crippen LogP contribution in [0.15, 0.2) is 0 Å². The molecule has 2 heterocycles. The lowest BCUT2D eigenvalue weighted by molar-refractivity contribution is -0.151. The van der Waals surface area contributed by atoms with E-state index in [0.717, 1.165) is 6.42 Å². The molecule has 2 aliphatic rings.